The lowest BCUT2D eigenvalue weighted by Crippen LogP contribution is -2.23. The van der Waals surface area contributed by atoms with Crippen LogP contribution >= 0.6 is 11.3 Å². The highest BCUT2D eigenvalue weighted by Crippen LogP contribution is 2.35. The Labute approximate surface area is 171 Å². The number of amides is 1. The molecule has 0 spiro atoms. The van der Waals surface area contributed by atoms with Crippen LogP contribution in [0.4, 0.5) is 0 Å². The van der Waals surface area contributed by atoms with Crippen LogP contribution in [-0.2, 0) is 6.54 Å². The molecular formula is C22H19N3O3S. The van der Waals surface area contributed by atoms with Gasteiger partial charge in [-0.15, -0.1) is 11.3 Å². The van der Waals surface area contributed by atoms with Gasteiger partial charge in [-0.05, 0) is 55.8 Å². The lowest BCUT2D eigenvalue weighted by molar-refractivity contribution is 0.0955. The SMILES string of the molecule is Cc1ccc(C)n1-c1c(C(=O)NCc2ccc3c(c2)OCO3)sc2ncccc12. The molecule has 0 unspecified atom stereocenters. The van der Waals surface area contributed by atoms with Crippen molar-refractivity contribution in [3.8, 4) is 17.2 Å². The number of ether oxygens (including phenoxy) is 2. The van der Waals surface area contributed by atoms with Gasteiger partial charge in [0.05, 0.1) is 5.69 Å². The number of fused-ring (bicyclic) bond motifs is 2. The summed E-state index contributed by atoms with van der Waals surface area (Å²) in [7, 11) is 0. The fraction of sp³-hybridized carbons (Fsp3) is 0.182. The summed E-state index contributed by atoms with van der Waals surface area (Å²) < 4.78 is 12.9. The number of nitrogens with zero attached hydrogens (tertiary/aromatic N) is 2. The van der Waals surface area contributed by atoms with Gasteiger partial charge in [-0.25, -0.2) is 4.98 Å². The number of rotatable bonds is 4. The summed E-state index contributed by atoms with van der Waals surface area (Å²) in [5.41, 5.74) is 4.00. The molecule has 0 aliphatic carbocycles. The van der Waals surface area contributed by atoms with Crippen molar-refractivity contribution in [2.45, 2.75) is 20.4 Å². The smallest absolute Gasteiger partial charge is 0.263 e. The van der Waals surface area contributed by atoms with Gasteiger partial charge in [-0.1, -0.05) is 6.07 Å². The predicted octanol–water partition coefficient (Wildman–Crippen LogP) is 4.36. The number of hydrogen-bond acceptors (Lipinski definition) is 5. The van der Waals surface area contributed by atoms with Gasteiger partial charge >= 0.3 is 0 Å². The van der Waals surface area contributed by atoms with Gasteiger partial charge < -0.3 is 19.4 Å². The minimum absolute atomic E-state index is 0.117. The van der Waals surface area contributed by atoms with E-state index in [1.54, 1.807) is 6.20 Å². The Morgan fingerprint density at radius 1 is 1.14 bits per heavy atom. The van der Waals surface area contributed by atoms with Crippen LogP contribution in [0.15, 0.2) is 48.7 Å². The maximum absolute atomic E-state index is 13.2. The first kappa shape index (κ1) is 17.8. The van der Waals surface area contributed by atoms with Crippen LogP contribution in [0.1, 0.15) is 26.6 Å². The Bertz CT molecular complexity index is 1220. The molecule has 6 nitrogen and oxygen atoms in total. The van der Waals surface area contributed by atoms with E-state index < -0.39 is 0 Å². The van der Waals surface area contributed by atoms with Crippen molar-refractivity contribution >= 4 is 27.5 Å². The van der Waals surface area contributed by atoms with E-state index in [1.807, 2.05) is 44.2 Å². The summed E-state index contributed by atoms with van der Waals surface area (Å²) >= 11 is 1.41. The fourth-order valence-electron chi connectivity index (χ4n) is 3.63. The molecule has 1 aromatic carbocycles. The van der Waals surface area contributed by atoms with Crippen molar-refractivity contribution in [3.63, 3.8) is 0 Å². The summed E-state index contributed by atoms with van der Waals surface area (Å²) in [5, 5.41) is 4.02. The number of benzene rings is 1. The molecule has 0 saturated carbocycles. The van der Waals surface area contributed by atoms with E-state index in [2.05, 4.69) is 27.0 Å². The molecule has 0 radical (unpaired) electrons. The van der Waals surface area contributed by atoms with Gasteiger partial charge in [0, 0.05) is 29.5 Å². The first-order valence-corrected chi connectivity index (χ1v) is 10.1. The third-order valence-electron chi connectivity index (χ3n) is 5.03. The monoisotopic (exact) mass is 405 g/mol. The van der Waals surface area contributed by atoms with E-state index in [0.717, 1.165) is 38.6 Å². The van der Waals surface area contributed by atoms with E-state index in [1.165, 1.54) is 11.3 Å². The van der Waals surface area contributed by atoms with Crippen molar-refractivity contribution < 1.29 is 14.3 Å². The largest absolute Gasteiger partial charge is 0.454 e. The van der Waals surface area contributed by atoms with Crippen molar-refractivity contribution in [1.29, 1.82) is 0 Å². The minimum Gasteiger partial charge on any atom is -0.454 e. The molecule has 0 saturated heterocycles. The highest BCUT2D eigenvalue weighted by atomic mass is 32.1. The average molecular weight is 405 g/mol. The van der Waals surface area contributed by atoms with Gasteiger partial charge in [0.25, 0.3) is 5.91 Å². The molecule has 1 N–H and O–H groups in total. The van der Waals surface area contributed by atoms with Crippen LogP contribution in [0.25, 0.3) is 15.9 Å². The molecule has 5 rings (SSSR count). The Morgan fingerprint density at radius 3 is 2.76 bits per heavy atom. The summed E-state index contributed by atoms with van der Waals surface area (Å²) in [6.45, 7) is 4.72. The number of thiophene rings is 1. The van der Waals surface area contributed by atoms with Crippen molar-refractivity contribution in [2.75, 3.05) is 6.79 Å². The molecule has 1 aliphatic heterocycles. The molecule has 0 bridgehead atoms. The van der Waals surface area contributed by atoms with Gasteiger partial charge in [-0.3, -0.25) is 4.79 Å². The summed E-state index contributed by atoms with van der Waals surface area (Å²) in [4.78, 5) is 19.1. The molecule has 1 amide bonds. The zero-order valence-corrected chi connectivity index (χ0v) is 16.9. The average Bonchev–Trinajstić information content (AvgIpc) is 3.43. The number of carbonyl (C=O) groups is 1. The first-order valence-electron chi connectivity index (χ1n) is 9.31. The zero-order valence-electron chi connectivity index (χ0n) is 16.1. The molecule has 4 aromatic rings. The van der Waals surface area contributed by atoms with Gasteiger partial charge in [0.15, 0.2) is 11.5 Å². The van der Waals surface area contributed by atoms with Crippen LogP contribution < -0.4 is 14.8 Å². The Kier molecular flexibility index (Phi) is 4.24. The Hall–Kier alpha value is -3.32. The Morgan fingerprint density at radius 2 is 1.93 bits per heavy atom. The zero-order chi connectivity index (χ0) is 20.0. The highest BCUT2D eigenvalue weighted by Gasteiger charge is 2.22. The van der Waals surface area contributed by atoms with E-state index in [9.17, 15) is 4.79 Å². The number of nitrogens with one attached hydrogen (secondary N) is 1. The van der Waals surface area contributed by atoms with Gasteiger partial charge in [-0.2, -0.15) is 0 Å². The second kappa shape index (κ2) is 6.93. The van der Waals surface area contributed by atoms with Crippen LogP contribution in [-0.4, -0.2) is 22.3 Å². The Balaban J connectivity index is 1.50. The maximum atomic E-state index is 13.2. The molecule has 7 heteroatoms. The predicted molar refractivity (Wildman–Crippen MR) is 112 cm³/mol. The summed E-state index contributed by atoms with van der Waals surface area (Å²) in [6.07, 6.45) is 1.76. The van der Waals surface area contributed by atoms with E-state index >= 15 is 0 Å². The van der Waals surface area contributed by atoms with Crippen molar-refractivity contribution in [1.82, 2.24) is 14.9 Å². The molecule has 0 atom stereocenters. The van der Waals surface area contributed by atoms with Crippen molar-refractivity contribution in [3.05, 3.63) is 70.5 Å². The third kappa shape index (κ3) is 3.03. The maximum Gasteiger partial charge on any atom is 0.263 e. The highest BCUT2D eigenvalue weighted by molar-refractivity contribution is 7.21. The van der Waals surface area contributed by atoms with Gasteiger partial charge in [0.2, 0.25) is 6.79 Å². The quantitative estimate of drug-likeness (QED) is 0.548. The number of aryl methyl sites for hydroxylation is 2. The summed E-state index contributed by atoms with van der Waals surface area (Å²) in [5.74, 6) is 1.33. The molecule has 1 aliphatic rings. The number of hydrogen-bond donors (Lipinski definition) is 1. The molecule has 0 fully saturated rings. The molecule has 3 aromatic heterocycles. The van der Waals surface area contributed by atoms with Crippen LogP contribution in [0.2, 0.25) is 0 Å². The summed E-state index contributed by atoms with van der Waals surface area (Å²) in [6, 6.07) is 13.7. The normalized spacial score (nSPS) is 12.5. The second-order valence-electron chi connectivity index (χ2n) is 6.96. The van der Waals surface area contributed by atoms with E-state index in [-0.39, 0.29) is 12.7 Å². The molecule has 29 heavy (non-hydrogen) atoms. The van der Waals surface area contributed by atoms with Crippen LogP contribution in [0.3, 0.4) is 0 Å². The first-order chi connectivity index (χ1) is 14.1. The molecular weight excluding hydrogens is 386 g/mol. The fourth-order valence-corrected chi connectivity index (χ4v) is 4.67. The number of carbonyl (C=O) groups excluding carboxylic acids is 1. The van der Waals surface area contributed by atoms with Gasteiger partial charge in [0.1, 0.15) is 9.71 Å². The minimum atomic E-state index is -0.117. The van der Waals surface area contributed by atoms with Crippen LogP contribution in [0, 0.1) is 13.8 Å². The standard InChI is InChI=1S/C22H19N3O3S/c1-13-5-6-14(2)25(13)19-16-4-3-9-23-22(16)29-20(19)21(26)24-11-15-7-8-17-18(10-15)28-12-27-17/h3-10H,11-12H2,1-2H3,(H,24,26). The second-order valence-corrected chi connectivity index (χ2v) is 7.96. The van der Waals surface area contributed by atoms with Crippen LogP contribution in [0.5, 0.6) is 11.5 Å². The molecule has 146 valence electrons. The number of aromatic nitrogens is 2. The lowest BCUT2D eigenvalue weighted by Gasteiger charge is -2.12. The van der Waals surface area contributed by atoms with Crippen molar-refractivity contribution in [2.24, 2.45) is 0 Å². The van der Waals surface area contributed by atoms with E-state index in [0.29, 0.717) is 17.2 Å². The van der Waals surface area contributed by atoms with E-state index in [4.69, 9.17) is 9.47 Å². The number of pyridine rings is 1. The third-order valence-corrected chi connectivity index (χ3v) is 6.13. The lowest BCUT2D eigenvalue weighted by atomic mass is 10.2. The topological polar surface area (TPSA) is 65.4 Å². The molecule has 4 heterocycles.